The van der Waals surface area contributed by atoms with Gasteiger partial charge in [-0.3, -0.25) is 9.52 Å². The van der Waals surface area contributed by atoms with Gasteiger partial charge in [-0.05, 0) is 30.2 Å². The molecule has 8 heteroatoms. The average molecular weight is 337 g/mol. The zero-order valence-electron chi connectivity index (χ0n) is 12.9. The van der Waals surface area contributed by atoms with E-state index in [0.717, 1.165) is 6.26 Å². The fourth-order valence-electron chi connectivity index (χ4n) is 2.08. The summed E-state index contributed by atoms with van der Waals surface area (Å²) in [5.41, 5.74) is 1.42. The van der Waals surface area contributed by atoms with Crippen molar-refractivity contribution in [2.75, 3.05) is 11.0 Å². The lowest BCUT2D eigenvalue weighted by Gasteiger charge is -2.14. The van der Waals surface area contributed by atoms with Crippen LogP contribution in [-0.4, -0.2) is 30.9 Å². The molecular formula is C15H16FN3O3S. The van der Waals surface area contributed by atoms with Crippen molar-refractivity contribution in [3.63, 3.8) is 0 Å². The van der Waals surface area contributed by atoms with Crippen molar-refractivity contribution < 1.29 is 17.6 Å². The number of halogens is 1. The van der Waals surface area contributed by atoms with Crippen LogP contribution in [0.2, 0.25) is 0 Å². The standard InChI is InChI=1S/C15H16FN3O3S/c1-9(2)13-12(8-20)14(10-4-6-11(16)7-5-10)18-15(17-13)19-23(3,21)22/h4-9H,1-3H3,(H,17,18,19). The van der Waals surface area contributed by atoms with Gasteiger partial charge in [0.2, 0.25) is 16.0 Å². The number of carbonyl (C=O) groups is 1. The van der Waals surface area contributed by atoms with E-state index in [0.29, 0.717) is 17.5 Å². The molecule has 122 valence electrons. The molecule has 0 unspecified atom stereocenters. The lowest BCUT2D eigenvalue weighted by atomic mass is 9.99. The van der Waals surface area contributed by atoms with Crippen LogP contribution >= 0.6 is 0 Å². The highest BCUT2D eigenvalue weighted by molar-refractivity contribution is 7.91. The van der Waals surface area contributed by atoms with Gasteiger partial charge >= 0.3 is 0 Å². The number of aromatic nitrogens is 2. The third-order valence-electron chi connectivity index (χ3n) is 3.03. The smallest absolute Gasteiger partial charge is 0.237 e. The Kier molecular flexibility index (Phi) is 4.74. The van der Waals surface area contributed by atoms with Gasteiger partial charge in [0, 0.05) is 5.56 Å². The maximum Gasteiger partial charge on any atom is 0.237 e. The molecule has 0 spiro atoms. The molecular weight excluding hydrogens is 321 g/mol. The van der Waals surface area contributed by atoms with Gasteiger partial charge in [-0.2, -0.15) is 0 Å². The second-order valence-corrected chi connectivity index (χ2v) is 7.10. The number of sulfonamides is 1. The maximum atomic E-state index is 13.1. The maximum absolute atomic E-state index is 13.1. The molecule has 0 aliphatic carbocycles. The van der Waals surface area contributed by atoms with E-state index in [1.54, 1.807) is 0 Å². The number of rotatable bonds is 5. The predicted molar refractivity (Wildman–Crippen MR) is 85.4 cm³/mol. The van der Waals surface area contributed by atoms with Crippen LogP contribution in [-0.2, 0) is 10.0 Å². The zero-order valence-corrected chi connectivity index (χ0v) is 13.7. The molecule has 0 fully saturated rings. The molecule has 1 N–H and O–H groups in total. The molecule has 1 heterocycles. The van der Waals surface area contributed by atoms with Gasteiger partial charge in [0.25, 0.3) is 0 Å². The van der Waals surface area contributed by atoms with Crippen LogP contribution in [0.25, 0.3) is 11.3 Å². The predicted octanol–water partition coefficient (Wildman–Crippen LogP) is 2.59. The Morgan fingerprint density at radius 3 is 2.26 bits per heavy atom. The zero-order chi connectivity index (χ0) is 17.2. The normalized spacial score (nSPS) is 11.5. The Morgan fingerprint density at radius 2 is 1.78 bits per heavy atom. The first-order valence-corrected chi connectivity index (χ1v) is 8.71. The van der Waals surface area contributed by atoms with Crippen molar-refractivity contribution >= 4 is 22.3 Å². The topological polar surface area (TPSA) is 89.0 Å². The third-order valence-corrected chi connectivity index (χ3v) is 3.59. The van der Waals surface area contributed by atoms with E-state index >= 15 is 0 Å². The van der Waals surface area contributed by atoms with Crippen LogP contribution in [0, 0.1) is 5.82 Å². The van der Waals surface area contributed by atoms with Gasteiger partial charge in [-0.25, -0.2) is 22.8 Å². The summed E-state index contributed by atoms with van der Waals surface area (Å²) in [4.78, 5) is 19.7. The summed E-state index contributed by atoms with van der Waals surface area (Å²) in [5.74, 6) is -0.673. The van der Waals surface area contributed by atoms with Gasteiger partial charge in [-0.1, -0.05) is 13.8 Å². The van der Waals surface area contributed by atoms with E-state index in [1.807, 2.05) is 13.8 Å². The van der Waals surface area contributed by atoms with Crippen molar-refractivity contribution in [3.8, 4) is 11.3 Å². The molecule has 0 amide bonds. The Bertz CT molecular complexity index is 834. The third kappa shape index (κ3) is 4.10. The van der Waals surface area contributed by atoms with E-state index < -0.39 is 15.8 Å². The van der Waals surface area contributed by atoms with Crippen molar-refractivity contribution in [3.05, 3.63) is 41.3 Å². The number of hydrogen-bond acceptors (Lipinski definition) is 5. The number of aldehydes is 1. The molecule has 0 saturated carbocycles. The Labute approximate surface area is 133 Å². The number of benzene rings is 1. The van der Waals surface area contributed by atoms with Crippen molar-refractivity contribution in [2.45, 2.75) is 19.8 Å². The van der Waals surface area contributed by atoms with Crippen LogP contribution in [0.5, 0.6) is 0 Å². The number of nitrogens with zero attached hydrogens (tertiary/aromatic N) is 2. The highest BCUT2D eigenvalue weighted by Gasteiger charge is 2.19. The summed E-state index contributed by atoms with van der Waals surface area (Å²) in [5, 5.41) is 0. The first kappa shape index (κ1) is 17.0. The van der Waals surface area contributed by atoms with Crippen LogP contribution in [0.3, 0.4) is 0 Å². The summed E-state index contributed by atoms with van der Waals surface area (Å²) < 4.78 is 38.1. The summed E-state index contributed by atoms with van der Waals surface area (Å²) in [7, 11) is -3.57. The van der Waals surface area contributed by atoms with Gasteiger partial charge in [-0.15, -0.1) is 0 Å². The van der Waals surface area contributed by atoms with Gasteiger partial charge < -0.3 is 0 Å². The second-order valence-electron chi connectivity index (χ2n) is 5.35. The lowest BCUT2D eigenvalue weighted by Crippen LogP contribution is -2.15. The molecule has 0 aliphatic heterocycles. The van der Waals surface area contributed by atoms with E-state index in [-0.39, 0.29) is 23.1 Å². The fraction of sp³-hybridized carbons (Fsp3) is 0.267. The van der Waals surface area contributed by atoms with E-state index in [9.17, 15) is 17.6 Å². The Hall–Kier alpha value is -2.35. The minimum absolute atomic E-state index is 0.124. The molecule has 2 aromatic rings. The highest BCUT2D eigenvalue weighted by atomic mass is 32.2. The van der Waals surface area contributed by atoms with E-state index in [4.69, 9.17) is 0 Å². The molecule has 1 aromatic heterocycles. The van der Waals surface area contributed by atoms with E-state index in [1.165, 1.54) is 24.3 Å². The van der Waals surface area contributed by atoms with Crippen LogP contribution in [0.15, 0.2) is 24.3 Å². The summed E-state index contributed by atoms with van der Waals surface area (Å²) in [6.45, 7) is 3.65. The molecule has 1 aromatic carbocycles. The molecule has 0 atom stereocenters. The minimum Gasteiger partial charge on any atom is -0.298 e. The quantitative estimate of drug-likeness (QED) is 0.847. The first-order chi connectivity index (χ1) is 10.7. The number of hydrogen-bond donors (Lipinski definition) is 1. The summed E-state index contributed by atoms with van der Waals surface area (Å²) in [6.07, 6.45) is 1.61. The SMILES string of the molecule is CC(C)c1nc(NS(C)(=O)=O)nc(-c2ccc(F)cc2)c1C=O. The molecule has 0 saturated heterocycles. The summed E-state index contributed by atoms with van der Waals surface area (Å²) in [6, 6.07) is 5.42. The molecule has 2 rings (SSSR count). The van der Waals surface area contributed by atoms with Gasteiger partial charge in [0.1, 0.15) is 5.82 Å². The van der Waals surface area contributed by atoms with Crippen molar-refractivity contribution in [2.24, 2.45) is 0 Å². The number of carbonyl (C=O) groups excluding carboxylic acids is 1. The van der Waals surface area contributed by atoms with Gasteiger partial charge in [0.15, 0.2) is 6.29 Å². The van der Waals surface area contributed by atoms with Gasteiger partial charge in [0.05, 0.1) is 23.2 Å². The Morgan fingerprint density at radius 1 is 1.17 bits per heavy atom. The molecule has 23 heavy (non-hydrogen) atoms. The molecule has 6 nitrogen and oxygen atoms in total. The monoisotopic (exact) mass is 337 g/mol. The van der Waals surface area contributed by atoms with Crippen LogP contribution < -0.4 is 4.72 Å². The highest BCUT2D eigenvalue weighted by Crippen LogP contribution is 2.28. The van der Waals surface area contributed by atoms with E-state index in [2.05, 4.69) is 14.7 Å². The minimum atomic E-state index is -3.57. The van der Waals surface area contributed by atoms with Crippen molar-refractivity contribution in [1.29, 1.82) is 0 Å². The fourth-order valence-corrected chi connectivity index (χ4v) is 2.51. The van der Waals surface area contributed by atoms with Crippen LogP contribution in [0.4, 0.5) is 10.3 Å². The van der Waals surface area contributed by atoms with Crippen LogP contribution in [0.1, 0.15) is 35.8 Å². The van der Waals surface area contributed by atoms with Crippen molar-refractivity contribution in [1.82, 2.24) is 9.97 Å². The second kappa shape index (κ2) is 6.41. The number of nitrogens with one attached hydrogen (secondary N) is 1. The lowest BCUT2D eigenvalue weighted by molar-refractivity contribution is 0.112. The largest absolute Gasteiger partial charge is 0.298 e. The number of anilines is 1. The molecule has 0 radical (unpaired) electrons. The average Bonchev–Trinajstić information content (AvgIpc) is 2.45. The summed E-state index contributed by atoms with van der Waals surface area (Å²) >= 11 is 0. The molecule has 0 bridgehead atoms. The Balaban J connectivity index is 2.71. The molecule has 0 aliphatic rings. The first-order valence-electron chi connectivity index (χ1n) is 6.82.